The van der Waals surface area contributed by atoms with Gasteiger partial charge in [0.1, 0.15) is 12.6 Å². The lowest BCUT2D eigenvalue weighted by Gasteiger charge is -2.35. The maximum Gasteiger partial charge on any atom is 0.262 e. The van der Waals surface area contributed by atoms with E-state index in [1.807, 2.05) is 23.1 Å². The van der Waals surface area contributed by atoms with E-state index in [0.717, 1.165) is 23.7 Å². The highest BCUT2D eigenvalue weighted by Gasteiger charge is 2.36. The molecule has 3 heterocycles. The van der Waals surface area contributed by atoms with E-state index >= 15 is 0 Å². The van der Waals surface area contributed by atoms with Gasteiger partial charge in [0.15, 0.2) is 0 Å². The van der Waals surface area contributed by atoms with Crippen LogP contribution in [0.3, 0.4) is 0 Å². The van der Waals surface area contributed by atoms with Gasteiger partial charge < -0.3 is 14.2 Å². The second-order valence-electron chi connectivity index (χ2n) is 7.42. The third-order valence-corrected chi connectivity index (χ3v) is 5.62. The smallest absolute Gasteiger partial charge is 0.262 e. The number of imide groups is 1. The zero-order valence-electron chi connectivity index (χ0n) is 16.7. The zero-order valence-corrected chi connectivity index (χ0v) is 16.7. The number of rotatable bonds is 4. The molecule has 0 atom stereocenters. The predicted octanol–water partition coefficient (Wildman–Crippen LogP) is 2.67. The second-order valence-corrected chi connectivity index (χ2v) is 7.42. The summed E-state index contributed by atoms with van der Waals surface area (Å²) in [7, 11) is 0. The standard InChI is InChI=1S/C23H19N5O3/c24-14-19-23(27-12-10-26(11-13-27)16-6-2-1-3-7-16)31-20(25-19)15-28-21(29)17-8-4-5-9-18(17)22(28)30/h1-9H,10-13,15H2. The van der Waals surface area contributed by atoms with Gasteiger partial charge >= 0.3 is 0 Å². The minimum absolute atomic E-state index is 0.106. The molecule has 2 aromatic carbocycles. The van der Waals surface area contributed by atoms with E-state index in [1.165, 1.54) is 0 Å². The lowest BCUT2D eigenvalue weighted by Crippen LogP contribution is -2.46. The Labute approximate surface area is 178 Å². The van der Waals surface area contributed by atoms with Gasteiger partial charge in [0.2, 0.25) is 17.5 Å². The maximum absolute atomic E-state index is 12.6. The number of anilines is 2. The minimum atomic E-state index is -0.379. The molecule has 0 saturated carbocycles. The fraction of sp³-hybridized carbons (Fsp3) is 0.217. The van der Waals surface area contributed by atoms with Crippen LogP contribution in [0.4, 0.5) is 11.6 Å². The number of fused-ring (bicyclic) bond motifs is 1. The number of piperazine rings is 1. The number of oxazole rings is 1. The van der Waals surface area contributed by atoms with Gasteiger partial charge in [-0.3, -0.25) is 14.5 Å². The number of carbonyl (C=O) groups is 2. The van der Waals surface area contributed by atoms with Crippen molar-refractivity contribution in [2.24, 2.45) is 0 Å². The fourth-order valence-electron chi connectivity index (χ4n) is 4.03. The molecule has 0 spiro atoms. The molecule has 1 aromatic heterocycles. The van der Waals surface area contributed by atoms with Crippen molar-refractivity contribution in [1.82, 2.24) is 9.88 Å². The average Bonchev–Trinajstić information content (AvgIpc) is 3.35. The summed E-state index contributed by atoms with van der Waals surface area (Å²) in [5, 5.41) is 9.54. The summed E-state index contributed by atoms with van der Waals surface area (Å²) in [4.78, 5) is 34.8. The third-order valence-electron chi connectivity index (χ3n) is 5.62. The van der Waals surface area contributed by atoms with Gasteiger partial charge in [-0.05, 0) is 24.3 Å². The second kappa shape index (κ2) is 7.61. The number of hydrogen-bond donors (Lipinski definition) is 0. The molecule has 3 aromatic rings. The molecule has 1 fully saturated rings. The molecule has 31 heavy (non-hydrogen) atoms. The van der Waals surface area contributed by atoms with E-state index < -0.39 is 0 Å². The van der Waals surface area contributed by atoms with Gasteiger partial charge in [0.05, 0.1) is 11.1 Å². The van der Waals surface area contributed by atoms with Crippen molar-refractivity contribution in [1.29, 1.82) is 5.26 Å². The van der Waals surface area contributed by atoms with Gasteiger partial charge in [0.25, 0.3) is 11.8 Å². The van der Waals surface area contributed by atoms with E-state index in [1.54, 1.807) is 24.3 Å². The Kier molecular flexibility index (Phi) is 4.64. The summed E-state index contributed by atoms with van der Waals surface area (Å²) < 4.78 is 5.87. The molecular weight excluding hydrogens is 394 g/mol. The molecule has 8 nitrogen and oxygen atoms in total. The quantitative estimate of drug-likeness (QED) is 0.607. The number of aromatic nitrogens is 1. The number of nitrogens with zero attached hydrogens (tertiary/aromatic N) is 5. The highest BCUT2D eigenvalue weighted by Crippen LogP contribution is 2.28. The summed E-state index contributed by atoms with van der Waals surface area (Å²) in [5.74, 6) is -0.195. The average molecular weight is 413 g/mol. The highest BCUT2D eigenvalue weighted by molar-refractivity contribution is 6.21. The van der Waals surface area contributed by atoms with Gasteiger partial charge in [-0.1, -0.05) is 30.3 Å². The van der Waals surface area contributed by atoms with Crippen molar-refractivity contribution < 1.29 is 14.0 Å². The van der Waals surface area contributed by atoms with Crippen LogP contribution in [0.15, 0.2) is 59.0 Å². The van der Waals surface area contributed by atoms with E-state index in [4.69, 9.17) is 4.42 Å². The first-order valence-electron chi connectivity index (χ1n) is 10.1. The Balaban J connectivity index is 1.32. The number of hydrogen-bond acceptors (Lipinski definition) is 7. The van der Waals surface area contributed by atoms with Crippen LogP contribution in [-0.2, 0) is 6.54 Å². The molecular formula is C23H19N5O3. The molecule has 0 N–H and O–H groups in total. The number of benzene rings is 2. The number of nitriles is 1. The van der Waals surface area contributed by atoms with Crippen LogP contribution >= 0.6 is 0 Å². The SMILES string of the molecule is N#Cc1nc(CN2C(=O)c3ccccc3C2=O)oc1N1CCN(c2ccccc2)CC1. The Hall–Kier alpha value is -4.12. The van der Waals surface area contributed by atoms with Crippen LogP contribution in [0, 0.1) is 11.3 Å². The molecule has 2 aliphatic rings. The number of amides is 2. The summed E-state index contributed by atoms with van der Waals surface area (Å²) in [6.07, 6.45) is 0. The molecule has 0 aliphatic carbocycles. The van der Waals surface area contributed by atoms with Crippen LogP contribution in [0.25, 0.3) is 0 Å². The van der Waals surface area contributed by atoms with Gasteiger partial charge in [0, 0.05) is 31.9 Å². The normalized spacial score (nSPS) is 15.9. The summed E-state index contributed by atoms with van der Waals surface area (Å²) in [6.45, 7) is 2.80. The van der Waals surface area contributed by atoms with Gasteiger partial charge in [-0.25, -0.2) is 0 Å². The van der Waals surface area contributed by atoms with Gasteiger partial charge in [-0.15, -0.1) is 0 Å². The zero-order chi connectivity index (χ0) is 21.4. The van der Waals surface area contributed by atoms with Crippen molar-refractivity contribution in [2.45, 2.75) is 6.54 Å². The minimum Gasteiger partial charge on any atom is -0.422 e. The first-order chi connectivity index (χ1) is 15.2. The van der Waals surface area contributed by atoms with E-state index in [9.17, 15) is 14.9 Å². The van der Waals surface area contributed by atoms with Crippen LogP contribution in [0.5, 0.6) is 0 Å². The summed E-state index contributed by atoms with van der Waals surface area (Å²) in [5.41, 5.74) is 2.07. The fourth-order valence-corrected chi connectivity index (χ4v) is 4.03. The van der Waals surface area contributed by atoms with Crippen LogP contribution in [0.1, 0.15) is 32.3 Å². The first kappa shape index (κ1) is 18.9. The van der Waals surface area contributed by atoms with Crippen molar-refractivity contribution in [3.8, 4) is 6.07 Å². The number of para-hydroxylation sites is 1. The van der Waals surface area contributed by atoms with Crippen LogP contribution < -0.4 is 9.80 Å². The third kappa shape index (κ3) is 3.30. The van der Waals surface area contributed by atoms with Crippen molar-refractivity contribution in [3.05, 3.63) is 77.3 Å². The Morgan fingerprint density at radius 1 is 0.871 bits per heavy atom. The topological polar surface area (TPSA) is 93.7 Å². The van der Waals surface area contributed by atoms with Crippen molar-refractivity contribution in [2.75, 3.05) is 36.0 Å². The van der Waals surface area contributed by atoms with Crippen molar-refractivity contribution >= 4 is 23.4 Å². The monoisotopic (exact) mass is 413 g/mol. The summed E-state index contributed by atoms with van der Waals surface area (Å²) >= 11 is 0. The lowest BCUT2D eigenvalue weighted by molar-refractivity contribution is 0.0629. The largest absolute Gasteiger partial charge is 0.422 e. The van der Waals surface area contributed by atoms with Crippen molar-refractivity contribution in [3.63, 3.8) is 0 Å². The van der Waals surface area contributed by atoms with Crippen LogP contribution in [-0.4, -0.2) is 47.9 Å². The maximum atomic E-state index is 12.6. The first-order valence-corrected chi connectivity index (χ1v) is 10.1. The molecule has 1 saturated heterocycles. The molecule has 2 aliphatic heterocycles. The molecule has 2 amide bonds. The molecule has 154 valence electrons. The van der Waals surface area contributed by atoms with Crippen LogP contribution in [0.2, 0.25) is 0 Å². The van der Waals surface area contributed by atoms with E-state index in [2.05, 4.69) is 28.1 Å². The van der Waals surface area contributed by atoms with E-state index in [0.29, 0.717) is 30.1 Å². The molecule has 5 rings (SSSR count). The molecule has 0 bridgehead atoms. The molecule has 8 heteroatoms. The molecule has 0 radical (unpaired) electrons. The molecule has 0 unspecified atom stereocenters. The predicted molar refractivity (Wildman–Crippen MR) is 113 cm³/mol. The number of carbonyl (C=O) groups excluding carboxylic acids is 2. The summed E-state index contributed by atoms with van der Waals surface area (Å²) in [6, 6.07) is 18.9. The highest BCUT2D eigenvalue weighted by atomic mass is 16.4. The van der Waals surface area contributed by atoms with Gasteiger partial charge in [-0.2, -0.15) is 10.2 Å². The lowest BCUT2D eigenvalue weighted by atomic mass is 10.1. The van der Waals surface area contributed by atoms with E-state index in [-0.39, 0.29) is 29.9 Å². The Morgan fingerprint density at radius 3 is 2.06 bits per heavy atom. The Bertz CT molecular complexity index is 1150. The Morgan fingerprint density at radius 2 is 1.45 bits per heavy atom.